The maximum Gasteiger partial charge on any atom is 0.335 e. The van der Waals surface area contributed by atoms with E-state index in [1.165, 1.54) is 15.9 Å². The predicted octanol–water partition coefficient (Wildman–Crippen LogP) is 2.00. The molecule has 0 bridgehead atoms. The number of aromatic amines is 1. The Labute approximate surface area is 225 Å². The van der Waals surface area contributed by atoms with E-state index in [1.807, 2.05) is 0 Å². The summed E-state index contributed by atoms with van der Waals surface area (Å²) in [6.45, 7) is 0.435. The van der Waals surface area contributed by atoms with Crippen LogP contribution in [0.2, 0.25) is 5.02 Å². The first-order chi connectivity index (χ1) is 18.2. The van der Waals surface area contributed by atoms with Crippen LogP contribution in [0.5, 0.6) is 10.9 Å². The van der Waals surface area contributed by atoms with E-state index in [1.54, 1.807) is 60.8 Å². The van der Waals surface area contributed by atoms with Crippen molar-refractivity contribution in [1.29, 1.82) is 0 Å². The number of halogens is 1. The third-order valence-corrected chi connectivity index (χ3v) is 6.73. The normalized spacial score (nSPS) is 12.2. The van der Waals surface area contributed by atoms with Gasteiger partial charge in [0, 0.05) is 22.4 Å². The molecule has 0 unspecified atom stereocenters. The number of hydrogen-bond donors (Lipinski definition) is 4. The standard InChI is InChI=1S/C25H26ClN5O6S/c1-25(14-33,15-34)13-31-22(35)29-21(30(24(31)36)10-16-2-4-17(26)5-3-16)27-18-6-8-20(9-7-18)37-23-28-19(11-32)12-38-23/h2-9,12,32-34H,10-11,13-15H2,1H3,(H,27,29,35). The molecule has 0 aliphatic rings. The van der Waals surface area contributed by atoms with Crippen LogP contribution >= 0.6 is 22.9 Å². The number of benzene rings is 2. The lowest BCUT2D eigenvalue weighted by atomic mass is 9.93. The van der Waals surface area contributed by atoms with Gasteiger partial charge in [-0.2, -0.15) is 0 Å². The van der Waals surface area contributed by atoms with Crippen molar-refractivity contribution >= 4 is 28.6 Å². The molecule has 2 aromatic carbocycles. The molecule has 38 heavy (non-hydrogen) atoms. The van der Waals surface area contributed by atoms with Crippen LogP contribution in [0.4, 0.5) is 5.69 Å². The summed E-state index contributed by atoms with van der Waals surface area (Å²) in [6, 6.07) is 13.5. The number of rotatable bonds is 10. The van der Waals surface area contributed by atoms with Crippen molar-refractivity contribution < 1.29 is 20.1 Å². The Morgan fingerprint density at radius 3 is 2.34 bits per heavy atom. The van der Waals surface area contributed by atoms with Crippen LogP contribution in [0, 0.1) is 5.41 Å². The first-order valence-corrected chi connectivity index (χ1v) is 12.8. The molecule has 0 saturated carbocycles. The molecule has 0 fully saturated rings. The second kappa shape index (κ2) is 11.9. The van der Waals surface area contributed by atoms with E-state index in [-0.39, 0.29) is 25.3 Å². The van der Waals surface area contributed by atoms with Gasteiger partial charge in [0.15, 0.2) is 0 Å². The summed E-state index contributed by atoms with van der Waals surface area (Å²) in [5, 5.41) is 31.1. The van der Waals surface area contributed by atoms with Gasteiger partial charge in [-0.15, -0.1) is 0 Å². The Kier molecular flexibility index (Phi) is 8.59. The number of thiazole rings is 1. The zero-order chi connectivity index (χ0) is 27.3. The van der Waals surface area contributed by atoms with Crippen LogP contribution in [0.15, 0.2) is 68.5 Å². The summed E-state index contributed by atoms with van der Waals surface area (Å²) in [5.74, 6) is 0.494. The van der Waals surface area contributed by atoms with Gasteiger partial charge in [-0.1, -0.05) is 42.0 Å². The second-order valence-corrected chi connectivity index (χ2v) is 10.2. The smallest absolute Gasteiger partial charge is 0.335 e. The fourth-order valence-corrected chi connectivity index (χ4v) is 4.25. The quantitative estimate of drug-likeness (QED) is 0.232. The Bertz CT molecular complexity index is 1570. The molecule has 0 saturated heterocycles. The maximum atomic E-state index is 13.5. The van der Waals surface area contributed by atoms with Crippen LogP contribution in [-0.2, 0) is 19.7 Å². The highest BCUT2D eigenvalue weighted by molar-refractivity contribution is 7.11. The Balaban J connectivity index is 1.74. The van der Waals surface area contributed by atoms with Gasteiger partial charge in [0.05, 0.1) is 37.7 Å². The molecule has 200 valence electrons. The van der Waals surface area contributed by atoms with E-state index < -0.39 is 30.0 Å². The van der Waals surface area contributed by atoms with Crippen molar-refractivity contribution in [3.8, 4) is 10.9 Å². The van der Waals surface area contributed by atoms with Crippen LogP contribution in [0.3, 0.4) is 0 Å². The summed E-state index contributed by atoms with van der Waals surface area (Å²) in [6.07, 6.45) is 0. The SMILES string of the molecule is CC(CO)(CO)Cn1c(=O)[nH]/c(=N\c2ccc(Oc3nc(CO)cs3)cc2)n(Cc2ccc(Cl)cc2)c1=O. The van der Waals surface area contributed by atoms with Gasteiger partial charge in [0.2, 0.25) is 5.62 Å². The zero-order valence-corrected chi connectivity index (χ0v) is 21.9. The molecule has 0 radical (unpaired) electrons. The average molecular weight is 560 g/mol. The molecule has 2 heterocycles. The topological polar surface area (TPSA) is 155 Å². The molecule has 2 aromatic heterocycles. The number of H-pyrrole nitrogens is 1. The van der Waals surface area contributed by atoms with Crippen molar-refractivity contribution in [3.63, 3.8) is 0 Å². The molecule has 4 aromatic rings. The first-order valence-electron chi connectivity index (χ1n) is 11.5. The van der Waals surface area contributed by atoms with Gasteiger partial charge in [-0.3, -0.25) is 9.55 Å². The van der Waals surface area contributed by atoms with Gasteiger partial charge in [0.25, 0.3) is 5.19 Å². The number of aliphatic hydroxyl groups excluding tert-OH is 3. The Morgan fingerprint density at radius 1 is 1.05 bits per heavy atom. The predicted molar refractivity (Wildman–Crippen MR) is 142 cm³/mol. The third kappa shape index (κ3) is 6.47. The number of aliphatic hydroxyl groups is 3. The Hall–Kier alpha value is -3.55. The highest BCUT2D eigenvalue weighted by Gasteiger charge is 2.25. The highest BCUT2D eigenvalue weighted by atomic mass is 35.5. The molecule has 11 nitrogen and oxygen atoms in total. The molecule has 0 amide bonds. The van der Waals surface area contributed by atoms with Crippen molar-refractivity contribution in [2.75, 3.05) is 13.2 Å². The number of nitrogens with one attached hydrogen (secondary N) is 1. The molecular weight excluding hydrogens is 534 g/mol. The molecular formula is C25H26ClN5O6S. The highest BCUT2D eigenvalue weighted by Crippen LogP contribution is 2.26. The number of hydrogen-bond acceptors (Lipinski definition) is 9. The first kappa shape index (κ1) is 27.5. The van der Waals surface area contributed by atoms with Crippen molar-refractivity contribution in [1.82, 2.24) is 19.1 Å². The fourth-order valence-electron chi connectivity index (χ4n) is 3.45. The summed E-state index contributed by atoms with van der Waals surface area (Å²) in [4.78, 5) is 37.7. The summed E-state index contributed by atoms with van der Waals surface area (Å²) >= 11 is 7.25. The van der Waals surface area contributed by atoms with Crippen LogP contribution in [0.1, 0.15) is 18.2 Å². The minimum Gasteiger partial charge on any atom is -0.431 e. The molecule has 4 rings (SSSR count). The van der Waals surface area contributed by atoms with E-state index in [0.717, 1.165) is 10.1 Å². The zero-order valence-electron chi connectivity index (χ0n) is 20.4. The maximum absolute atomic E-state index is 13.5. The second-order valence-electron chi connectivity index (χ2n) is 8.93. The minimum atomic E-state index is -1.08. The van der Waals surface area contributed by atoms with Gasteiger partial charge < -0.3 is 20.1 Å². The van der Waals surface area contributed by atoms with E-state index in [9.17, 15) is 19.8 Å². The monoisotopic (exact) mass is 559 g/mol. The van der Waals surface area contributed by atoms with E-state index in [2.05, 4.69) is 15.0 Å². The number of aromatic nitrogens is 4. The van der Waals surface area contributed by atoms with Crippen LogP contribution in [0.25, 0.3) is 0 Å². The van der Waals surface area contributed by atoms with E-state index in [0.29, 0.717) is 27.3 Å². The number of ether oxygens (including phenoxy) is 1. The minimum absolute atomic E-state index is 0.0158. The lowest BCUT2D eigenvalue weighted by molar-refractivity contribution is 0.0526. The molecule has 4 N–H and O–H groups in total. The molecule has 0 aliphatic heterocycles. The molecule has 0 aliphatic carbocycles. The van der Waals surface area contributed by atoms with Gasteiger partial charge in [-0.05, 0) is 42.0 Å². The van der Waals surface area contributed by atoms with Gasteiger partial charge in [-0.25, -0.2) is 24.1 Å². The molecule has 13 heteroatoms. The summed E-state index contributed by atoms with van der Waals surface area (Å²) in [5.41, 5.74) is -0.745. The summed E-state index contributed by atoms with van der Waals surface area (Å²) < 4.78 is 7.93. The fraction of sp³-hybridized carbons (Fsp3) is 0.280. The van der Waals surface area contributed by atoms with Crippen molar-refractivity contribution in [2.45, 2.75) is 26.6 Å². The average Bonchev–Trinajstić information content (AvgIpc) is 3.38. The third-order valence-electron chi connectivity index (χ3n) is 5.71. The lowest BCUT2D eigenvalue weighted by Gasteiger charge is -2.25. The Morgan fingerprint density at radius 2 is 1.74 bits per heavy atom. The van der Waals surface area contributed by atoms with Crippen molar-refractivity contribution in [3.05, 3.63) is 96.8 Å². The molecule has 0 spiro atoms. The van der Waals surface area contributed by atoms with Crippen LogP contribution < -0.4 is 21.7 Å². The lowest BCUT2D eigenvalue weighted by Crippen LogP contribution is -2.52. The number of nitrogens with zero attached hydrogens (tertiary/aromatic N) is 4. The van der Waals surface area contributed by atoms with E-state index >= 15 is 0 Å². The van der Waals surface area contributed by atoms with Crippen LogP contribution in [-0.4, -0.2) is 47.6 Å². The van der Waals surface area contributed by atoms with Crippen molar-refractivity contribution in [2.24, 2.45) is 10.4 Å². The summed E-state index contributed by atoms with van der Waals surface area (Å²) in [7, 11) is 0. The van der Waals surface area contributed by atoms with Gasteiger partial charge >= 0.3 is 11.4 Å². The largest absolute Gasteiger partial charge is 0.431 e. The van der Waals surface area contributed by atoms with E-state index in [4.69, 9.17) is 21.4 Å². The van der Waals surface area contributed by atoms with Gasteiger partial charge in [0.1, 0.15) is 5.75 Å². The molecule has 0 atom stereocenters.